The minimum Gasteiger partial charge on any atom is -0.485 e. The maximum atomic E-state index is 12.2. The molecule has 0 bridgehead atoms. The molecule has 1 amide bonds. The monoisotopic (exact) mass is 328 g/mol. The van der Waals surface area contributed by atoms with E-state index in [0.717, 1.165) is 5.56 Å². The molecular weight excluding hydrogens is 308 g/mol. The Labute approximate surface area is 140 Å². The van der Waals surface area contributed by atoms with Crippen molar-refractivity contribution >= 4 is 5.91 Å². The lowest BCUT2D eigenvalue weighted by Crippen LogP contribution is -2.43. The summed E-state index contributed by atoms with van der Waals surface area (Å²) < 4.78 is 16.7. The molecule has 2 heterocycles. The highest BCUT2D eigenvalue weighted by Crippen LogP contribution is 2.30. The summed E-state index contributed by atoms with van der Waals surface area (Å²) in [5.74, 6) is 1.60. The maximum Gasteiger partial charge on any atom is 0.264 e. The van der Waals surface area contributed by atoms with E-state index >= 15 is 0 Å². The molecule has 1 aliphatic rings. The molecule has 3 rings (SSSR count). The molecule has 126 valence electrons. The molecule has 0 saturated carbocycles. The highest BCUT2D eigenvalue weighted by Gasteiger charge is 2.26. The van der Waals surface area contributed by atoms with E-state index in [-0.39, 0.29) is 18.6 Å². The first-order chi connectivity index (χ1) is 11.6. The van der Waals surface area contributed by atoms with Gasteiger partial charge in [0.1, 0.15) is 6.61 Å². The molecule has 1 unspecified atom stereocenters. The van der Waals surface area contributed by atoms with E-state index in [0.29, 0.717) is 23.9 Å². The Bertz CT molecular complexity index is 700. The lowest BCUT2D eigenvalue weighted by atomic mass is 10.2. The minimum atomic E-state index is -0.656. The molecule has 2 aromatic rings. The zero-order valence-electron chi connectivity index (χ0n) is 13.7. The number of hydrogen-bond donors (Lipinski definition) is 1. The zero-order valence-corrected chi connectivity index (χ0v) is 13.7. The first-order valence-electron chi connectivity index (χ1n) is 7.89. The summed E-state index contributed by atoms with van der Waals surface area (Å²) in [6.45, 7) is 4.46. The summed E-state index contributed by atoms with van der Waals surface area (Å²) >= 11 is 0. The van der Waals surface area contributed by atoms with E-state index < -0.39 is 6.10 Å². The lowest BCUT2D eigenvalue weighted by molar-refractivity contribution is -0.130. The van der Waals surface area contributed by atoms with Gasteiger partial charge in [-0.05, 0) is 31.5 Å². The van der Waals surface area contributed by atoms with Crippen LogP contribution in [0.3, 0.4) is 0 Å². The topological polar surface area (TPSA) is 69.7 Å². The van der Waals surface area contributed by atoms with Gasteiger partial charge in [-0.25, -0.2) is 4.98 Å². The fourth-order valence-electron chi connectivity index (χ4n) is 2.28. The molecule has 24 heavy (non-hydrogen) atoms. The largest absolute Gasteiger partial charge is 0.485 e. The Hall–Kier alpha value is -2.76. The van der Waals surface area contributed by atoms with Crippen LogP contribution < -0.4 is 19.5 Å². The molecule has 1 N–H and O–H groups in total. The predicted molar refractivity (Wildman–Crippen MR) is 88.2 cm³/mol. The number of amides is 1. The van der Waals surface area contributed by atoms with Crippen molar-refractivity contribution in [3.63, 3.8) is 0 Å². The highest BCUT2D eigenvalue weighted by molar-refractivity contribution is 5.81. The SMILES string of the molecule is CC(C)Oc1ccc(CNC(=O)C2COc3ccccc3O2)cn1. The number of para-hydroxylation sites is 2. The van der Waals surface area contributed by atoms with Crippen LogP contribution in [-0.4, -0.2) is 29.7 Å². The van der Waals surface area contributed by atoms with Crippen molar-refractivity contribution in [2.75, 3.05) is 6.61 Å². The molecule has 1 aromatic carbocycles. The molecular formula is C18H20N2O4. The normalized spacial score (nSPS) is 15.9. The van der Waals surface area contributed by atoms with Gasteiger partial charge >= 0.3 is 0 Å². The van der Waals surface area contributed by atoms with E-state index in [1.165, 1.54) is 0 Å². The van der Waals surface area contributed by atoms with Gasteiger partial charge < -0.3 is 19.5 Å². The van der Waals surface area contributed by atoms with Crippen LogP contribution in [-0.2, 0) is 11.3 Å². The average Bonchev–Trinajstić information content (AvgIpc) is 2.60. The van der Waals surface area contributed by atoms with Crippen molar-refractivity contribution in [2.45, 2.75) is 32.6 Å². The number of fused-ring (bicyclic) bond motifs is 1. The van der Waals surface area contributed by atoms with Gasteiger partial charge in [0.05, 0.1) is 6.10 Å². The van der Waals surface area contributed by atoms with Gasteiger partial charge in [-0.15, -0.1) is 0 Å². The molecule has 6 nitrogen and oxygen atoms in total. The van der Waals surface area contributed by atoms with Gasteiger partial charge in [0, 0.05) is 18.8 Å². The third-order valence-corrected chi connectivity index (χ3v) is 3.42. The van der Waals surface area contributed by atoms with Crippen LogP contribution in [0.4, 0.5) is 0 Å². The third kappa shape index (κ3) is 3.95. The second-order valence-corrected chi connectivity index (χ2v) is 5.75. The molecule has 0 aliphatic carbocycles. The summed E-state index contributed by atoms with van der Waals surface area (Å²) in [5, 5.41) is 2.83. The summed E-state index contributed by atoms with van der Waals surface area (Å²) in [4.78, 5) is 16.4. The number of ether oxygens (including phenoxy) is 3. The van der Waals surface area contributed by atoms with E-state index in [2.05, 4.69) is 10.3 Å². The molecule has 0 radical (unpaired) electrons. The number of nitrogens with one attached hydrogen (secondary N) is 1. The Morgan fingerprint density at radius 3 is 2.79 bits per heavy atom. The van der Waals surface area contributed by atoms with Crippen molar-refractivity contribution in [3.05, 3.63) is 48.2 Å². The van der Waals surface area contributed by atoms with Crippen molar-refractivity contribution in [1.29, 1.82) is 0 Å². The predicted octanol–water partition coefficient (Wildman–Crippen LogP) is 2.33. The minimum absolute atomic E-state index is 0.0781. The average molecular weight is 328 g/mol. The van der Waals surface area contributed by atoms with Crippen molar-refractivity contribution in [1.82, 2.24) is 10.3 Å². The molecule has 0 spiro atoms. The number of carbonyl (C=O) groups is 1. The smallest absolute Gasteiger partial charge is 0.264 e. The number of nitrogens with zero attached hydrogens (tertiary/aromatic N) is 1. The second kappa shape index (κ2) is 7.21. The van der Waals surface area contributed by atoms with Crippen molar-refractivity contribution in [3.8, 4) is 17.4 Å². The van der Waals surface area contributed by atoms with Crippen LogP contribution in [0, 0.1) is 0 Å². The van der Waals surface area contributed by atoms with E-state index in [1.54, 1.807) is 18.3 Å². The number of pyridine rings is 1. The summed E-state index contributed by atoms with van der Waals surface area (Å²) in [7, 11) is 0. The van der Waals surface area contributed by atoms with Gasteiger partial charge in [-0.1, -0.05) is 18.2 Å². The second-order valence-electron chi connectivity index (χ2n) is 5.75. The summed E-state index contributed by atoms with van der Waals surface area (Å²) in [6, 6.07) is 11.0. The zero-order chi connectivity index (χ0) is 16.9. The lowest BCUT2D eigenvalue weighted by Gasteiger charge is -2.25. The van der Waals surface area contributed by atoms with Crippen LogP contribution in [0.2, 0.25) is 0 Å². The van der Waals surface area contributed by atoms with Crippen LogP contribution in [0.5, 0.6) is 17.4 Å². The number of rotatable bonds is 5. The first-order valence-corrected chi connectivity index (χ1v) is 7.89. The maximum absolute atomic E-state index is 12.2. The van der Waals surface area contributed by atoms with Crippen molar-refractivity contribution in [2.24, 2.45) is 0 Å². The van der Waals surface area contributed by atoms with Gasteiger partial charge in [0.15, 0.2) is 11.5 Å². The quantitative estimate of drug-likeness (QED) is 0.912. The Morgan fingerprint density at radius 1 is 1.29 bits per heavy atom. The summed E-state index contributed by atoms with van der Waals surface area (Å²) in [6.07, 6.45) is 1.11. The summed E-state index contributed by atoms with van der Waals surface area (Å²) in [5.41, 5.74) is 0.886. The van der Waals surface area contributed by atoms with Gasteiger partial charge in [0.25, 0.3) is 5.91 Å². The Balaban J connectivity index is 1.53. The van der Waals surface area contributed by atoms with Gasteiger partial charge in [0.2, 0.25) is 12.0 Å². The molecule has 1 aliphatic heterocycles. The van der Waals surface area contributed by atoms with E-state index in [1.807, 2.05) is 38.1 Å². The first kappa shape index (κ1) is 16.1. The number of hydrogen-bond acceptors (Lipinski definition) is 5. The van der Waals surface area contributed by atoms with E-state index in [4.69, 9.17) is 14.2 Å². The van der Waals surface area contributed by atoms with Crippen LogP contribution in [0.25, 0.3) is 0 Å². The molecule has 0 fully saturated rings. The van der Waals surface area contributed by atoms with Gasteiger partial charge in [-0.2, -0.15) is 0 Å². The molecule has 0 saturated heterocycles. The fourth-order valence-corrected chi connectivity index (χ4v) is 2.28. The van der Waals surface area contributed by atoms with E-state index in [9.17, 15) is 4.79 Å². The van der Waals surface area contributed by atoms with Crippen LogP contribution in [0.15, 0.2) is 42.6 Å². The molecule has 1 aromatic heterocycles. The van der Waals surface area contributed by atoms with Crippen LogP contribution in [0.1, 0.15) is 19.4 Å². The van der Waals surface area contributed by atoms with Crippen LogP contribution >= 0.6 is 0 Å². The molecule has 1 atom stereocenters. The van der Waals surface area contributed by atoms with Crippen molar-refractivity contribution < 1.29 is 19.0 Å². The number of benzene rings is 1. The Kier molecular flexibility index (Phi) is 4.84. The molecule has 6 heteroatoms. The van der Waals surface area contributed by atoms with Gasteiger partial charge in [-0.3, -0.25) is 4.79 Å². The third-order valence-electron chi connectivity index (χ3n) is 3.42. The fraction of sp³-hybridized carbons (Fsp3) is 0.333. The highest BCUT2D eigenvalue weighted by atomic mass is 16.6. The Morgan fingerprint density at radius 2 is 2.08 bits per heavy atom. The number of carbonyl (C=O) groups excluding carboxylic acids is 1. The standard InChI is InChI=1S/C18H20N2O4/c1-12(2)23-17-8-7-13(9-19-17)10-20-18(21)16-11-22-14-5-3-4-6-15(14)24-16/h3-9,12,16H,10-11H2,1-2H3,(H,20,21). The number of aromatic nitrogens is 1.